The lowest BCUT2D eigenvalue weighted by Crippen LogP contribution is -2.28. The van der Waals surface area contributed by atoms with Crippen LogP contribution in [-0.2, 0) is 0 Å². The summed E-state index contributed by atoms with van der Waals surface area (Å²) in [4.78, 5) is 21.3. The van der Waals surface area contributed by atoms with Gasteiger partial charge in [-0.2, -0.15) is 5.26 Å². The summed E-state index contributed by atoms with van der Waals surface area (Å²) >= 11 is 0. The third-order valence-corrected chi connectivity index (χ3v) is 4.96. The second kappa shape index (κ2) is 7.34. The van der Waals surface area contributed by atoms with E-state index in [4.69, 9.17) is 0 Å². The Labute approximate surface area is 129 Å². The summed E-state index contributed by atoms with van der Waals surface area (Å²) in [6.07, 6.45) is 7.09. The average molecular weight is 307 g/mol. The average Bonchev–Trinajstić information content (AvgIpc) is 2.53. The first-order chi connectivity index (χ1) is 10.5. The van der Waals surface area contributed by atoms with E-state index >= 15 is 0 Å². The van der Waals surface area contributed by atoms with Gasteiger partial charge in [0.1, 0.15) is 0 Å². The molecule has 2 aliphatic carbocycles. The quantitative estimate of drug-likeness (QED) is 0.450. The molecule has 0 bridgehead atoms. The maximum atomic E-state index is 10.9. The highest BCUT2D eigenvalue weighted by Gasteiger charge is 2.32. The van der Waals surface area contributed by atoms with Gasteiger partial charge in [0, 0.05) is 41.1 Å². The van der Waals surface area contributed by atoms with Gasteiger partial charge in [-0.1, -0.05) is 6.08 Å². The highest BCUT2D eigenvalue weighted by Crippen LogP contribution is 2.34. The van der Waals surface area contributed by atoms with E-state index in [1.54, 1.807) is 0 Å². The van der Waals surface area contributed by atoms with Crippen molar-refractivity contribution in [2.75, 3.05) is 0 Å². The van der Waals surface area contributed by atoms with E-state index in [0.717, 1.165) is 12.8 Å². The zero-order valence-electron chi connectivity index (χ0n) is 12.5. The summed E-state index contributed by atoms with van der Waals surface area (Å²) in [5, 5.41) is 31.1. The van der Waals surface area contributed by atoms with Crippen molar-refractivity contribution >= 4 is 0 Å². The topological polar surface area (TPSA) is 110 Å². The molecule has 2 rings (SSSR count). The van der Waals surface area contributed by atoms with Crippen molar-refractivity contribution in [3.63, 3.8) is 0 Å². The van der Waals surface area contributed by atoms with Gasteiger partial charge in [0.15, 0.2) is 0 Å². The van der Waals surface area contributed by atoms with Gasteiger partial charge >= 0.3 is 0 Å². The number of rotatable bonds is 4. The van der Waals surface area contributed by atoms with Gasteiger partial charge in [0.25, 0.3) is 0 Å². The number of nitro groups is 2. The third kappa shape index (κ3) is 4.03. The van der Waals surface area contributed by atoms with Gasteiger partial charge in [-0.3, -0.25) is 20.2 Å². The molecule has 2 aliphatic rings. The van der Waals surface area contributed by atoms with Crippen LogP contribution in [0.2, 0.25) is 0 Å². The first-order valence-corrected chi connectivity index (χ1v) is 7.90. The number of allylic oxidation sites excluding steroid dienone is 2. The zero-order valence-corrected chi connectivity index (χ0v) is 12.5. The van der Waals surface area contributed by atoms with Crippen molar-refractivity contribution in [2.45, 2.75) is 63.5 Å². The summed E-state index contributed by atoms with van der Waals surface area (Å²) in [5.41, 5.74) is 0.677. The normalized spacial score (nSPS) is 33.0. The van der Waals surface area contributed by atoms with Crippen molar-refractivity contribution in [3.05, 3.63) is 31.9 Å². The minimum atomic E-state index is -0.500. The fraction of sp³-hybridized carbons (Fsp3) is 0.800. The molecule has 2 unspecified atom stereocenters. The molecular weight excluding hydrogens is 286 g/mol. The van der Waals surface area contributed by atoms with Crippen LogP contribution in [-0.4, -0.2) is 21.9 Å². The molecule has 120 valence electrons. The maximum Gasteiger partial charge on any atom is 0.213 e. The van der Waals surface area contributed by atoms with Crippen molar-refractivity contribution < 1.29 is 9.85 Å². The Morgan fingerprint density at radius 3 is 2.18 bits per heavy atom. The monoisotopic (exact) mass is 307 g/mol. The molecule has 7 nitrogen and oxygen atoms in total. The summed E-state index contributed by atoms with van der Waals surface area (Å²) in [6, 6.07) is 1.25. The molecule has 0 aromatic heterocycles. The maximum absolute atomic E-state index is 10.9. The Kier molecular flexibility index (Phi) is 5.47. The van der Waals surface area contributed by atoms with Gasteiger partial charge < -0.3 is 0 Å². The molecular formula is C15H21N3O4. The molecule has 0 amide bonds. The second-order valence-corrected chi connectivity index (χ2v) is 6.39. The predicted molar refractivity (Wildman–Crippen MR) is 79.2 cm³/mol. The highest BCUT2D eigenvalue weighted by molar-refractivity contribution is 5.25. The molecule has 2 atom stereocenters. The van der Waals surface area contributed by atoms with Crippen LogP contribution >= 0.6 is 0 Å². The Morgan fingerprint density at radius 1 is 1.00 bits per heavy atom. The van der Waals surface area contributed by atoms with Crippen molar-refractivity contribution in [1.82, 2.24) is 0 Å². The zero-order chi connectivity index (χ0) is 16.1. The van der Waals surface area contributed by atoms with Crippen LogP contribution in [0.3, 0.4) is 0 Å². The van der Waals surface area contributed by atoms with Crippen LogP contribution in [0.25, 0.3) is 0 Å². The van der Waals surface area contributed by atoms with E-state index in [1.807, 2.05) is 6.08 Å². The Balaban J connectivity index is 1.98. The second-order valence-electron chi connectivity index (χ2n) is 6.39. The fourth-order valence-electron chi connectivity index (χ4n) is 3.66. The molecule has 0 aliphatic heterocycles. The molecule has 0 spiro atoms. The number of nitriles is 1. The van der Waals surface area contributed by atoms with Crippen LogP contribution in [0.5, 0.6) is 0 Å². The molecule has 2 fully saturated rings. The first kappa shape index (κ1) is 16.4. The summed E-state index contributed by atoms with van der Waals surface area (Å²) in [5.74, 6) is 0.171. The van der Waals surface area contributed by atoms with E-state index in [0.29, 0.717) is 44.1 Å². The van der Waals surface area contributed by atoms with Crippen LogP contribution in [0, 0.1) is 43.4 Å². The molecule has 7 heteroatoms. The standard InChI is InChI=1S/C15H21N3O4/c16-10-13(12-4-6-14(7-5-12)17(19)20)8-11-2-1-3-15(9-11)18(21)22/h8,11-12,14-15H,1-7,9H2. The highest BCUT2D eigenvalue weighted by atomic mass is 16.6. The fourth-order valence-corrected chi connectivity index (χ4v) is 3.66. The van der Waals surface area contributed by atoms with Crippen LogP contribution in [0.4, 0.5) is 0 Å². The molecule has 2 saturated carbocycles. The lowest BCUT2D eigenvalue weighted by molar-refractivity contribution is -0.527. The van der Waals surface area contributed by atoms with E-state index < -0.39 is 12.1 Å². The van der Waals surface area contributed by atoms with Crippen molar-refractivity contribution in [3.8, 4) is 6.07 Å². The molecule has 0 radical (unpaired) electrons. The van der Waals surface area contributed by atoms with Crippen molar-refractivity contribution in [1.29, 1.82) is 5.26 Å². The number of nitrogens with zero attached hydrogens (tertiary/aromatic N) is 3. The summed E-state index contributed by atoms with van der Waals surface area (Å²) < 4.78 is 0. The Morgan fingerprint density at radius 2 is 1.64 bits per heavy atom. The van der Waals surface area contributed by atoms with Crippen LogP contribution < -0.4 is 0 Å². The van der Waals surface area contributed by atoms with E-state index in [9.17, 15) is 25.5 Å². The van der Waals surface area contributed by atoms with E-state index in [-0.39, 0.29) is 21.7 Å². The molecule has 0 aromatic carbocycles. The molecule has 0 saturated heterocycles. The lowest BCUT2D eigenvalue weighted by Gasteiger charge is -2.26. The van der Waals surface area contributed by atoms with Crippen molar-refractivity contribution in [2.24, 2.45) is 11.8 Å². The van der Waals surface area contributed by atoms with Gasteiger partial charge in [-0.15, -0.1) is 0 Å². The predicted octanol–water partition coefficient (Wildman–Crippen LogP) is 3.11. The van der Waals surface area contributed by atoms with Gasteiger partial charge in [0.05, 0.1) is 6.07 Å². The smallest absolute Gasteiger partial charge is 0.213 e. The van der Waals surface area contributed by atoms with Crippen LogP contribution in [0.15, 0.2) is 11.6 Å². The Bertz CT molecular complexity index is 503. The number of hydrogen-bond acceptors (Lipinski definition) is 5. The van der Waals surface area contributed by atoms with Gasteiger partial charge in [0.2, 0.25) is 12.1 Å². The van der Waals surface area contributed by atoms with Gasteiger partial charge in [-0.05, 0) is 37.5 Å². The minimum Gasteiger partial charge on any atom is -0.264 e. The minimum absolute atomic E-state index is 0.0807. The van der Waals surface area contributed by atoms with Crippen LogP contribution in [0.1, 0.15) is 51.4 Å². The van der Waals surface area contributed by atoms with E-state index in [2.05, 4.69) is 6.07 Å². The molecule has 0 heterocycles. The van der Waals surface area contributed by atoms with Gasteiger partial charge in [-0.25, -0.2) is 0 Å². The third-order valence-electron chi connectivity index (χ3n) is 4.96. The molecule has 0 aromatic rings. The number of hydrogen-bond donors (Lipinski definition) is 0. The summed E-state index contributed by atoms with van der Waals surface area (Å²) in [7, 11) is 0. The summed E-state index contributed by atoms with van der Waals surface area (Å²) in [6.45, 7) is 0. The molecule has 0 N–H and O–H groups in total. The lowest BCUT2D eigenvalue weighted by atomic mass is 9.78. The molecule has 22 heavy (non-hydrogen) atoms. The SMILES string of the molecule is N#CC(=CC1CCCC([N+](=O)[O-])C1)C1CCC([N+](=O)[O-])CC1. The first-order valence-electron chi connectivity index (χ1n) is 7.90. The Hall–Kier alpha value is -1.97. The largest absolute Gasteiger partial charge is 0.264 e. The van der Waals surface area contributed by atoms with E-state index in [1.165, 1.54) is 0 Å².